The van der Waals surface area contributed by atoms with Gasteiger partial charge in [0.25, 0.3) is 0 Å². The van der Waals surface area contributed by atoms with Gasteiger partial charge >= 0.3 is 0 Å². The summed E-state index contributed by atoms with van der Waals surface area (Å²) in [5.74, 6) is 0.381. The van der Waals surface area contributed by atoms with Gasteiger partial charge in [-0.05, 0) is 54.3 Å². The van der Waals surface area contributed by atoms with Gasteiger partial charge in [0, 0.05) is 27.2 Å². The van der Waals surface area contributed by atoms with Crippen LogP contribution in [0, 0.1) is 5.92 Å². The van der Waals surface area contributed by atoms with Gasteiger partial charge in [0.1, 0.15) is 5.75 Å². The van der Waals surface area contributed by atoms with E-state index in [1.165, 1.54) is 0 Å². The molecule has 1 aliphatic heterocycles. The Balaban J connectivity index is 1.81. The lowest BCUT2D eigenvalue weighted by molar-refractivity contribution is 0.1000. The van der Waals surface area contributed by atoms with Crippen molar-refractivity contribution in [3.63, 3.8) is 0 Å². The van der Waals surface area contributed by atoms with Gasteiger partial charge in [-0.25, -0.2) is 0 Å². The average Bonchev–Trinajstić information content (AvgIpc) is 3.06. The largest absolute Gasteiger partial charge is 0.508 e. The number of benzene rings is 2. The molecule has 0 saturated heterocycles. The zero-order chi connectivity index (χ0) is 16.8. The molecule has 3 atom stereocenters. The molecule has 2 aromatic carbocycles. The molecule has 2 aliphatic rings. The highest BCUT2D eigenvalue weighted by atomic mass is 79.9. The molecule has 1 aliphatic carbocycles. The van der Waals surface area contributed by atoms with Crippen LogP contribution in [0.25, 0.3) is 0 Å². The van der Waals surface area contributed by atoms with Crippen LogP contribution < -0.4 is 11.1 Å². The van der Waals surface area contributed by atoms with Gasteiger partial charge in [0.15, 0.2) is 0 Å². The van der Waals surface area contributed by atoms with E-state index in [9.17, 15) is 9.90 Å². The standard InChI is InChI=1S/C19H17BrN2O2/c20-11-5-7-17(23)15(9-11)18-13-3-1-2-12(13)14-8-10(19(21)24)4-6-16(14)22-18/h1-2,4-9,12-13,18,22-23H,3H2,(H2,21,24). The normalized spacial score (nSPS) is 24.1. The van der Waals surface area contributed by atoms with Crippen LogP contribution in [0.4, 0.5) is 5.69 Å². The van der Waals surface area contributed by atoms with E-state index in [0.717, 1.165) is 27.7 Å². The van der Waals surface area contributed by atoms with Crippen molar-refractivity contribution >= 4 is 27.5 Å². The molecule has 0 radical (unpaired) electrons. The number of halogens is 1. The molecule has 0 bridgehead atoms. The van der Waals surface area contributed by atoms with Crippen LogP contribution in [-0.2, 0) is 0 Å². The number of nitrogens with two attached hydrogens (primary N) is 1. The quantitative estimate of drug-likeness (QED) is 0.682. The second-order valence-electron chi connectivity index (χ2n) is 6.34. The number of primary amides is 1. The molecule has 0 aromatic heterocycles. The van der Waals surface area contributed by atoms with Crippen molar-refractivity contribution in [2.24, 2.45) is 11.7 Å². The first-order valence-electron chi connectivity index (χ1n) is 7.90. The maximum Gasteiger partial charge on any atom is 0.248 e. The number of hydrogen-bond donors (Lipinski definition) is 3. The third kappa shape index (κ3) is 2.40. The van der Waals surface area contributed by atoms with Gasteiger partial charge in [-0.1, -0.05) is 28.1 Å². The van der Waals surface area contributed by atoms with E-state index in [0.29, 0.717) is 17.2 Å². The number of rotatable bonds is 2. The molecule has 4 nitrogen and oxygen atoms in total. The summed E-state index contributed by atoms with van der Waals surface area (Å²) in [5, 5.41) is 13.9. The van der Waals surface area contributed by atoms with E-state index < -0.39 is 5.91 Å². The molecule has 5 heteroatoms. The summed E-state index contributed by atoms with van der Waals surface area (Å²) in [7, 11) is 0. The van der Waals surface area contributed by atoms with Crippen LogP contribution in [0.1, 0.15) is 39.9 Å². The molecule has 1 amide bonds. The number of phenolic OH excluding ortho intramolecular Hbond substituents is 1. The summed E-state index contributed by atoms with van der Waals surface area (Å²) >= 11 is 3.49. The molecule has 1 heterocycles. The van der Waals surface area contributed by atoms with Gasteiger partial charge in [-0.15, -0.1) is 0 Å². The molecule has 4 N–H and O–H groups in total. The summed E-state index contributed by atoms with van der Waals surface area (Å²) in [6.07, 6.45) is 5.29. The van der Waals surface area contributed by atoms with Crippen molar-refractivity contribution in [2.75, 3.05) is 5.32 Å². The van der Waals surface area contributed by atoms with Gasteiger partial charge < -0.3 is 16.2 Å². The third-order valence-corrected chi connectivity index (χ3v) is 5.47. The van der Waals surface area contributed by atoms with Crippen molar-refractivity contribution in [3.05, 3.63) is 69.7 Å². The Kier molecular flexibility index (Phi) is 3.61. The summed E-state index contributed by atoms with van der Waals surface area (Å²) < 4.78 is 0.939. The Morgan fingerprint density at radius 1 is 1.21 bits per heavy atom. The van der Waals surface area contributed by atoms with Gasteiger partial charge in [0.05, 0.1) is 6.04 Å². The fourth-order valence-electron chi connectivity index (χ4n) is 3.83. The lowest BCUT2D eigenvalue weighted by Gasteiger charge is -2.38. The Hall–Kier alpha value is -2.27. The molecule has 0 fully saturated rings. The van der Waals surface area contributed by atoms with Crippen LogP contribution in [-0.4, -0.2) is 11.0 Å². The fraction of sp³-hybridized carbons (Fsp3) is 0.211. The van der Waals surface area contributed by atoms with E-state index in [2.05, 4.69) is 33.4 Å². The fourth-order valence-corrected chi connectivity index (χ4v) is 4.21. The molecule has 0 spiro atoms. The molecule has 2 aromatic rings. The maximum absolute atomic E-state index is 11.5. The number of amides is 1. The highest BCUT2D eigenvalue weighted by molar-refractivity contribution is 9.10. The maximum atomic E-state index is 11.5. The minimum absolute atomic E-state index is 0.00873. The van der Waals surface area contributed by atoms with Crippen LogP contribution in [0.15, 0.2) is 53.0 Å². The lowest BCUT2D eigenvalue weighted by Crippen LogP contribution is -2.29. The number of fused-ring (bicyclic) bond motifs is 3. The number of carbonyl (C=O) groups is 1. The van der Waals surface area contributed by atoms with Crippen molar-refractivity contribution in [1.29, 1.82) is 0 Å². The van der Waals surface area contributed by atoms with Crippen LogP contribution in [0.3, 0.4) is 0 Å². The average molecular weight is 385 g/mol. The number of nitrogens with one attached hydrogen (secondary N) is 1. The number of anilines is 1. The van der Waals surface area contributed by atoms with E-state index in [4.69, 9.17) is 5.73 Å². The second kappa shape index (κ2) is 5.67. The van der Waals surface area contributed by atoms with Crippen molar-refractivity contribution in [3.8, 4) is 5.75 Å². The molecule has 3 unspecified atom stereocenters. The van der Waals surface area contributed by atoms with Crippen LogP contribution >= 0.6 is 15.9 Å². The smallest absolute Gasteiger partial charge is 0.248 e. The summed E-state index contributed by atoms with van der Waals surface area (Å²) in [6.45, 7) is 0. The zero-order valence-electron chi connectivity index (χ0n) is 12.9. The van der Waals surface area contributed by atoms with E-state index in [-0.39, 0.29) is 12.0 Å². The molecule has 0 saturated carbocycles. The lowest BCUT2D eigenvalue weighted by atomic mass is 9.76. The number of phenols is 1. The molecule has 122 valence electrons. The predicted molar refractivity (Wildman–Crippen MR) is 97.1 cm³/mol. The van der Waals surface area contributed by atoms with E-state index in [1.807, 2.05) is 24.3 Å². The molecular weight excluding hydrogens is 368 g/mol. The minimum atomic E-state index is -0.414. The van der Waals surface area contributed by atoms with Crippen molar-refractivity contribution < 1.29 is 9.90 Å². The first-order valence-corrected chi connectivity index (χ1v) is 8.69. The van der Waals surface area contributed by atoms with Crippen molar-refractivity contribution in [2.45, 2.75) is 18.4 Å². The second-order valence-corrected chi connectivity index (χ2v) is 7.26. The first-order chi connectivity index (χ1) is 11.5. The monoisotopic (exact) mass is 384 g/mol. The van der Waals surface area contributed by atoms with E-state index >= 15 is 0 Å². The van der Waals surface area contributed by atoms with Gasteiger partial charge in [-0.2, -0.15) is 0 Å². The summed E-state index contributed by atoms with van der Waals surface area (Å²) in [4.78, 5) is 11.5. The molecular formula is C19H17BrN2O2. The summed E-state index contributed by atoms with van der Waals surface area (Å²) in [5.41, 5.74) is 8.91. The minimum Gasteiger partial charge on any atom is -0.508 e. The highest BCUT2D eigenvalue weighted by Gasteiger charge is 2.39. The first kappa shape index (κ1) is 15.3. The summed E-state index contributed by atoms with van der Waals surface area (Å²) in [6, 6.07) is 11.0. The Labute approximate surface area is 148 Å². The van der Waals surface area contributed by atoms with Crippen molar-refractivity contribution in [1.82, 2.24) is 0 Å². The van der Waals surface area contributed by atoms with Gasteiger partial charge in [0.2, 0.25) is 5.91 Å². The number of hydrogen-bond acceptors (Lipinski definition) is 3. The molecule has 4 rings (SSSR count). The Morgan fingerprint density at radius 2 is 2.04 bits per heavy atom. The third-order valence-electron chi connectivity index (χ3n) is 4.97. The number of carbonyl (C=O) groups excluding carboxylic acids is 1. The van der Waals surface area contributed by atoms with Crippen LogP contribution in [0.5, 0.6) is 5.75 Å². The Morgan fingerprint density at radius 3 is 2.83 bits per heavy atom. The van der Waals surface area contributed by atoms with E-state index in [1.54, 1.807) is 12.1 Å². The highest BCUT2D eigenvalue weighted by Crippen LogP contribution is 2.51. The van der Waals surface area contributed by atoms with Gasteiger partial charge in [-0.3, -0.25) is 4.79 Å². The zero-order valence-corrected chi connectivity index (χ0v) is 14.5. The van der Waals surface area contributed by atoms with Crippen LogP contribution in [0.2, 0.25) is 0 Å². The number of aromatic hydroxyl groups is 1. The SMILES string of the molecule is NC(=O)c1ccc2c(c1)C1C=CCC1C(c1cc(Br)ccc1O)N2. The molecule has 24 heavy (non-hydrogen) atoms. The Bertz CT molecular complexity index is 862. The topological polar surface area (TPSA) is 75.4 Å². The number of allylic oxidation sites excluding steroid dienone is 2. The predicted octanol–water partition coefficient (Wildman–Crippen LogP) is 4.08.